The third-order valence-corrected chi connectivity index (χ3v) is 4.10. The summed E-state index contributed by atoms with van der Waals surface area (Å²) in [5.41, 5.74) is 1.16. The first-order valence-electron chi connectivity index (χ1n) is 6.36. The van der Waals surface area contributed by atoms with Crippen molar-refractivity contribution in [2.75, 3.05) is 11.9 Å². The van der Waals surface area contributed by atoms with Crippen molar-refractivity contribution >= 4 is 17.5 Å². The Bertz CT molecular complexity index is 529. The highest BCUT2D eigenvalue weighted by atomic mass is 16.2. The number of fused-ring (bicyclic) bond motifs is 1. The van der Waals surface area contributed by atoms with Crippen LogP contribution in [-0.4, -0.2) is 29.9 Å². The molecule has 2 amide bonds. The molecule has 0 fully saturated rings. The number of anilines is 1. The Morgan fingerprint density at radius 1 is 1.53 bits per heavy atom. The van der Waals surface area contributed by atoms with Gasteiger partial charge in [-0.3, -0.25) is 14.6 Å². The van der Waals surface area contributed by atoms with E-state index in [0.717, 1.165) is 11.3 Å². The van der Waals surface area contributed by atoms with Gasteiger partial charge in [0.15, 0.2) is 0 Å². The number of amides is 2. The van der Waals surface area contributed by atoms with Crippen LogP contribution in [0.1, 0.15) is 26.3 Å². The molecule has 2 heterocycles. The minimum Gasteiger partial charge on any atom is -0.359 e. The second-order valence-corrected chi connectivity index (χ2v) is 5.24. The van der Waals surface area contributed by atoms with Crippen LogP contribution in [0.15, 0.2) is 18.5 Å². The van der Waals surface area contributed by atoms with E-state index in [1.54, 1.807) is 24.3 Å². The van der Waals surface area contributed by atoms with Crippen molar-refractivity contribution in [2.24, 2.45) is 5.41 Å². The normalized spacial score (nSPS) is 25.7. The highest BCUT2D eigenvalue weighted by Crippen LogP contribution is 2.40. The number of carbonyl (C=O) groups is 2. The third-order valence-electron chi connectivity index (χ3n) is 4.10. The first-order chi connectivity index (χ1) is 8.91. The Balaban J connectivity index is 2.57. The second kappa shape index (κ2) is 4.64. The Labute approximate surface area is 113 Å². The first kappa shape index (κ1) is 13.5. The number of nitrogens with zero attached hydrogens (tertiary/aromatic N) is 2. The smallest absolute Gasteiger partial charge is 0.228 e. The minimum atomic E-state index is -0.630. The Morgan fingerprint density at radius 3 is 2.79 bits per heavy atom. The van der Waals surface area contributed by atoms with Gasteiger partial charge >= 0.3 is 0 Å². The molecule has 0 saturated carbocycles. The third kappa shape index (κ3) is 1.99. The molecule has 2 atom stereocenters. The summed E-state index contributed by atoms with van der Waals surface area (Å²) in [6.45, 7) is 5.32. The maximum Gasteiger partial charge on any atom is 0.228 e. The summed E-state index contributed by atoms with van der Waals surface area (Å²) in [5.74, 6) is -0.120. The zero-order valence-electron chi connectivity index (χ0n) is 11.7. The molecule has 0 radical (unpaired) electrons. The van der Waals surface area contributed by atoms with Crippen molar-refractivity contribution in [1.82, 2.24) is 10.3 Å². The maximum absolute atomic E-state index is 12.2. The molecule has 0 spiro atoms. The van der Waals surface area contributed by atoms with Gasteiger partial charge in [-0.05, 0) is 31.9 Å². The molecular formula is C14H19N3O2. The topological polar surface area (TPSA) is 62.3 Å². The van der Waals surface area contributed by atoms with Crippen molar-refractivity contribution in [2.45, 2.75) is 33.2 Å². The lowest BCUT2D eigenvalue weighted by molar-refractivity contribution is -0.131. The van der Waals surface area contributed by atoms with Gasteiger partial charge in [-0.25, -0.2) is 0 Å². The van der Waals surface area contributed by atoms with Gasteiger partial charge in [0, 0.05) is 26.2 Å². The lowest BCUT2D eigenvalue weighted by Gasteiger charge is -2.45. The van der Waals surface area contributed by atoms with Gasteiger partial charge in [0.2, 0.25) is 11.8 Å². The van der Waals surface area contributed by atoms with Crippen LogP contribution in [0.2, 0.25) is 0 Å². The van der Waals surface area contributed by atoms with Crippen LogP contribution in [0, 0.1) is 5.41 Å². The van der Waals surface area contributed by atoms with Gasteiger partial charge in [-0.15, -0.1) is 0 Å². The maximum atomic E-state index is 12.2. The molecule has 1 aromatic rings. The highest BCUT2D eigenvalue weighted by Gasteiger charge is 2.46. The van der Waals surface area contributed by atoms with E-state index in [9.17, 15) is 9.59 Å². The van der Waals surface area contributed by atoms with Crippen molar-refractivity contribution in [3.63, 3.8) is 0 Å². The van der Waals surface area contributed by atoms with E-state index in [4.69, 9.17) is 0 Å². The Hall–Kier alpha value is -1.91. The second-order valence-electron chi connectivity index (χ2n) is 5.24. The average molecular weight is 261 g/mol. The molecule has 1 N–H and O–H groups in total. The summed E-state index contributed by atoms with van der Waals surface area (Å²) in [7, 11) is 1.63. The monoisotopic (exact) mass is 261 g/mol. The van der Waals surface area contributed by atoms with E-state index < -0.39 is 5.41 Å². The summed E-state index contributed by atoms with van der Waals surface area (Å²) in [6.07, 6.45) is 3.99. The predicted octanol–water partition coefficient (Wildman–Crippen LogP) is 1.13. The van der Waals surface area contributed by atoms with E-state index in [1.165, 1.54) is 6.92 Å². The van der Waals surface area contributed by atoms with Crippen molar-refractivity contribution in [3.05, 3.63) is 24.0 Å². The van der Waals surface area contributed by atoms with Gasteiger partial charge in [0.05, 0.1) is 17.3 Å². The summed E-state index contributed by atoms with van der Waals surface area (Å²) in [4.78, 5) is 29.9. The summed E-state index contributed by atoms with van der Waals surface area (Å²) < 4.78 is 0. The number of hydrogen-bond acceptors (Lipinski definition) is 3. The quantitative estimate of drug-likeness (QED) is 0.824. The van der Waals surface area contributed by atoms with Gasteiger partial charge in [0.25, 0.3) is 0 Å². The standard InChI is InChI=1S/C14H19N3O2/c1-9-14(3,13(19)15-4)7-11-5-6-16-8-12(11)17(9)10(2)18/h5-6,8-9H,7H2,1-4H3,(H,15,19). The van der Waals surface area contributed by atoms with Crippen molar-refractivity contribution < 1.29 is 9.59 Å². The van der Waals surface area contributed by atoms with Crippen LogP contribution in [0.3, 0.4) is 0 Å². The van der Waals surface area contributed by atoms with Gasteiger partial charge in [-0.1, -0.05) is 0 Å². The van der Waals surface area contributed by atoms with E-state index in [0.29, 0.717) is 6.42 Å². The minimum absolute atomic E-state index is 0.0475. The van der Waals surface area contributed by atoms with Crippen LogP contribution >= 0.6 is 0 Å². The molecule has 2 unspecified atom stereocenters. The first-order valence-corrected chi connectivity index (χ1v) is 6.36. The number of nitrogens with one attached hydrogen (secondary N) is 1. The largest absolute Gasteiger partial charge is 0.359 e. The SMILES string of the molecule is CNC(=O)C1(C)Cc2ccncc2N(C(C)=O)C1C. The predicted molar refractivity (Wildman–Crippen MR) is 72.7 cm³/mol. The molecule has 19 heavy (non-hydrogen) atoms. The lowest BCUT2D eigenvalue weighted by atomic mass is 9.73. The van der Waals surface area contributed by atoms with Crippen LogP contribution in [0.4, 0.5) is 5.69 Å². The molecule has 0 aliphatic carbocycles. The van der Waals surface area contributed by atoms with Gasteiger partial charge < -0.3 is 10.2 Å². The van der Waals surface area contributed by atoms with Crippen molar-refractivity contribution in [1.29, 1.82) is 0 Å². The molecule has 1 aromatic heterocycles. The summed E-state index contributed by atoms with van der Waals surface area (Å²) in [5, 5.41) is 2.70. The van der Waals surface area contributed by atoms with Crippen LogP contribution < -0.4 is 10.2 Å². The number of pyridine rings is 1. The molecule has 0 saturated heterocycles. The molecule has 5 nitrogen and oxygen atoms in total. The molecule has 1 aliphatic heterocycles. The fraction of sp³-hybridized carbons (Fsp3) is 0.500. The van der Waals surface area contributed by atoms with Crippen molar-refractivity contribution in [3.8, 4) is 0 Å². The number of carbonyl (C=O) groups excluding carboxylic acids is 2. The molecule has 1 aliphatic rings. The van der Waals surface area contributed by atoms with E-state index >= 15 is 0 Å². The van der Waals surface area contributed by atoms with Gasteiger partial charge in [-0.2, -0.15) is 0 Å². The van der Waals surface area contributed by atoms with Gasteiger partial charge in [0.1, 0.15) is 0 Å². The zero-order chi connectivity index (χ0) is 14.2. The molecule has 0 aromatic carbocycles. The van der Waals surface area contributed by atoms with E-state index in [1.807, 2.05) is 19.9 Å². The molecular weight excluding hydrogens is 242 g/mol. The highest BCUT2D eigenvalue weighted by molar-refractivity contribution is 5.96. The van der Waals surface area contributed by atoms with E-state index in [-0.39, 0.29) is 17.9 Å². The number of aromatic nitrogens is 1. The number of rotatable bonds is 1. The fourth-order valence-electron chi connectivity index (χ4n) is 2.82. The van der Waals surface area contributed by atoms with Crippen LogP contribution in [0.25, 0.3) is 0 Å². The fourth-order valence-corrected chi connectivity index (χ4v) is 2.82. The Morgan fingerprint density at radius 2 is 2.21 bits per heavy atom. The lowest BCUT2D eigenvalue weighted by Crippen LogP contribution is -2.57. The van der Waals surface area contributed by atoms with Crippen LogP contribution in [0.5, 0.6) is 0 Å². The molecule has 102 valence electrons. The average Bonchev–Trinajstić information content (AvgIpc) is 2.38. The van der Waals surface area contributed by atoms with Crippen LogP contribution in [-0.2, 0) is 16.0 Å². The van der Waals surface area contributed by atoms with E-state index in [2.05, 4.69) is 10.3 Å². The summed E-state index contributed by atoms with van der Waals surface area (Å²) >= 11 is 0. The molecule has 2 rings (SSSR count). The molecule has 5 heteroatoms. The molecule has 0 bridgehead atoms. The Kier molecular flexibility index (Phi) is 3.30. The number of hydrogen-bond donors (Lipinski definition) is 1. The zero-order valence-corrected chi connectivity index (χ0v) is 11.7. The summed E-state index contributed by atoms with van der Waals surface area (Å²) in [6, 6.07) is 1.67.